The minimum Gasteiger partial charge on any atom is -0.508 e. The first kappa shape index (κ1) is 11.4. The lowest BCUT2D eigenvalue weighted by atomic mass is 10.1. The SMILES string of the molecule is Oc1ccc2c(c1)OCC2Nc1ccc(Br)cc1. The highest BCUT2D eigenvalue weighted by atomic mass is 79.9. The Kier molecular flexibility index (Phi) is 2.88. The molecule has 18 heavy (non-hydrogen) atoms. The molecule has 0 aromatic heterocycles. The Hall–Kier alpha value is -1.68. The summed E-state index contributed by atoms with van der Waals surface area (Å²) in [5.41, 5.74) is 2.13. The highest BCUT2D eigenvalue weighted by molar-refractivity contribution is 9.10. The molecule has 0 bridgehead atoms. The number of ether oxygens (including phenoxy) is 1. The van der Waals surface area contributed by atoms with Gasteiger partial charge in [-0.1, -0.05) is 15.9 Å². The number of phenols is 1. The summed E-state index contributed by atoms with van der Waals surface area (Å²) >= 11 is 3.41. The van der Waals surface area contributed by atoms with Crippen LogP contribution in [0.4, 0.5) is 5.69 Å². The second-order valence-corrected chi connectivity index (χ2v) is 5.15. The van der Waals surface area contributed by atoms with Gasteiger partial charge in [0.25, 0.3) is 0 Å². The van der Waals surface area contributed by atoms with Gasteiger partial charge in [-0.2, -0.15) is 0 Å². The first-order valence-electron chi connectivity index (χ1n) is 5.70. The van der Waals surface area contributed by atoms with E-state index in [2.05, 4.69) is 21.2 Å². The molecule has 3 rings (SSSR count). The fourth-order valence-electron chi connectivity index (χ4n) is 2.07. The molecule has 0 saturated heterocycles. The number of nitrogens with one attached hydrogen (secondary N) is 1. The van der Waals surface area contributed by atoms with Gasteiger partial charge >= 0.3 is 0 Å². The lowest BCUT2D eigenvalue weighted by Gasteiger charge is -2.13. The number of benzene rings is 2. The summed E-state index contributed by atoms with van der Waals surface area (Å²) in [6, 6.07) is 13.4. The molecule has 1 aliphatic rings. The van der Waals surface area contributed by atoms with Crippen LogP contribution in [0.5, 0.6) is 11.5 Å². The highest BCUT2D eigenvalue weighted by Crippen LogP contribution is 2.36. The predicted octanol–water partition coefficient (Wildman–Crippen LogP) is 3.70. The fraction of sp³-hybridized carbons (Fsp3) is 0.143. The minimum absolute atomic E-state index is 0.127. The molecule has 1 atom stereocenters. The quantitative estimate of drug-likeness (QED) is 0.889. The Labute approximate surface area is 114 Å². The lowest BCUT2D eigenvalue weighted by molar-refractivity contribution is 0.338. The largest absolute Gasteiger partial charge is 0.508 e. The van der Waals surface area contributed by atoms with Crippen LogP contribution in [0.15, 0.2) is 46.9 Å². The maximum Gasteiger partial charge on any atom is 0.128 e. The van der Waals surface area contributed by atoms with E-state index in [0.717, 1.165) is 21.5 Å². The van der Waals surface area contributed by atoms with Crippen LogP contribution in [-0.4, -0.2) is 11.7 Å². The number of anilines is 1. The van der Waals surface area contributed by atoms with Gasteiger partial charge < -0.3 is 15.2 Å². The Morgan fingerprint density at radius 1 is 1.17 bits per heavy atom. The van der Waals surface area contributed by atoms with Crippen molar-refractivity contribution >= 4 is 21.6 Å². The number of aromatic hydroxyl groups is 1. The topological polar surface area (TPSA) is 41.5 Å². The number of phenolic OH excluding ortho intramolecular Hbond substituents is 1. The molecular formula is C14H12BrNO2. The van der Waals surface area contributed by atoms with E-state index < -0.39 is 0 Å². The van der Waals surface area contributed by atoms with E-state index in [9.17, 15) is 5.11 Å². The van der Waals surface area contributed by atoms with Crippen molar-refractivity contribution in [2.75, 3.05) is 11.9 Å². The van der Waals surface area contributed by atoms with Gasteiger partial charge in [0, 0.05) is 21.8 Å². The van der Waals surface area contributed by atoms with Crippen LogP contribution in [0.25, 0.3) is 0 Å². The Balaban J connectivity index is 1.82. The van der Waals surface area contributed by atoms with Crippen molar-refractivity contribution in [3.05, 3.63) is 52.5 Å². The van der Waals surface area contributed by atoms with Crippen molar-refractivity contribution in [3.63, 3.8) is 0 Å². The third-order valence-electron chi connectivity index (χ3n) is 2.96. The molecule has 2 aromatic carbocycles. The summed E-state index contributed by atoms with van der Waals surface area (Å²) < 4.78 is 6.61. The maximum absolute atomic E-state index is 9.40. The molecule has 1 aliphatic heterocycles. The van der Waals surface area contributed by atoms with Gasteiger partial charge in [0.05, 0.1) is 6.04 Å². The summed E-state index contributed by atoms with van der Waals surface area (Å²) in [5.74, 6) is 0.989. The molecule has 2 N–H and O–H groups in total. The average Bonchev–Trinajstić information content (AvgIpc) is 2.74. The van der Waals surface area contributed by atoms with Crippen LogP contribution in [-0.2, 0) is 0 Å². The van der Waals surface area contributed by atoms with Gasteiger partial charge in [-0.05, 0) is 36.4 Å². The van der Waals surface area contributed by atoms with Gasteiger partial charge in [-0.15, -0.1) is 0 Å². The molecule has 1 heterocycles. The van der Waals surface area contributed by atoms with E-state index in [1.165, 1.54) is 0 Å². The van der Waals surface area contributed by atoms with Crippen molar-refractivity contribution in [2.24, 2.45) is 0 Å². The van der Waals surface area contributed by atoms with Gasteiger partial charge in [-0.3, -0.25) is 0 Å². The first-order chi connectivity index (χ1) is 8.72. The van der Waals surface area contributed by atoms with Crippen LogP contribution in [0, 0.1) is 0 Å². The monoisotopic (exact) mass is 305 g/mol. The molecule has 0 saturated carbocycles. The van der Waals surface area contributed by atoms with Crippen LogP contribution < -0.4 is 10.1 Å². The van der Waals surface area contributed by atoms with Crippen molar-refractivity contribution in [2.45, 2.75) is 6.04 Å². The molecule has 92 valence electrons. The Morgan fingerprint density at radius 3 is 2.72 bits per heavy atom. The molecule has 0 amide bonds. The molecule has 1 unspecified atom stereocenters. The van der Waals surface area contributed by atoms with Gasteiger partial charge in [0.1, 0.15) is 18.1 Å². The van der Waals surface area contributed by atoms with E-state index in [1.807, 2.05) is 30.3 Å². The minimum atomic E-state index is 0.127. The van der Waals surface area contributed by atoms with Gasteiger partial charge in [0.15, 0.2) is 0 Å². The third-order valence-corrected chi connectivity index (χ3v) is 3.49. The van der Waals surface area contributed by atoms with Crippen LogP contribution >= 0.6 is 15.9 Å². The van der Waals surface area contributed by atoms with Crippen molar-refractivity contribution < 1.29 is 9.84 Å². The first-order valence-corrected chi connectivity index (χ1v) is 6.49. The number of halogens is 1. The molecular weight excluding hydrogens is 294 g/mol. The smallest absolute Gasteiger partial charge is 0.128 e. The molecule has 3 nitrogen and oxygen atoms in total. The molecule has 4 heteroatoms. The maximum atomic E-state index is 9.40. The summed E-state index contributed by atoms with van der Waals surface area (Å²) in [4.78, 5) is 0. The van der Waals surface area contributed by atoms with E-state index in [0.29, 0.717) is 6.61 Å². The number of hydrogen-bond donors (Lipinski definition) is 2. The van der Waals surface area contributed by atoms with Gasteiger partial charge in [-0.25, -0.2) is 0 Å². The molecule has 0 fully saturated rings. The summed E-state index contributed by atoms with van der Waals surface area (Å²) in [7, 11) is 0. The highest BCUT2D eigenvalue weighted by Gasteiger charge is 2.24. The fourth-order valence-corrected chi connectivity index (χ4v) is 2.33. The molecule has 0 spiro atoms. The molecule has 2 aromatic rings. The van der Waals surface area contributed by atoms with Crippen molar-refractivity contribution in [1.29, 1.82) is 0 Å². The summed E-state index contributed by atoms with van der Waals surface area (Å²) in [5, 5.41) is 12.8. The Morgan fingerprint density at radius 2 is 1.94 bits per heavy atom. The normalized spacial score (nSPS) is 17.1. The number of fused-ring (bicyclic) bond motifs is 1. The number of hydrogen-bond acceptors (Lipinski definition) is 3. The van der Waals surface area contributed by atoms with E-state index in [1.54, 1.807) is 12.1 Å². The summed E-state index contributed by atoms with van der Waals surface area (Å²) in [6.07, 6.45) is 0. The van der Waals surface area contributed by atoms with E-state index >= 15 is 0 Å². The van der Waals surface area contributed by atoms with Crippen LogP contribution in [0.1, 0.15) is 11.6 Å². The van der Waals surface area contributed by atoms with Crippen molar-refractivity contribution in [3.8, 4) is 11.5 Å². The molecule has 0 aliphatic carbocycles. The van der Waals surface area contributed by atoms with E-state index in [-0.39, 0.29) is 11.8 Å². The summed E-state index contributed by atoms with van der Waals surface area (Å²) in [6.45, 7) is 0.578. The second kappa shape index (κ2) is 4.53. The zero-order chi connectivity index (χ0) is 12.5. The zero-order valence-corrected chi connectivity index (χ0v) is 11.1. The Bertz CT molecular complexity index is 569. The number of rotatable bonds is 2. The van der Waals surface area contributed by atoms with E-state index in [4.69, 9.17) is 4.74 Å². The van der Waals surface area contributed by atoms with Crippen molar-refractivity contribution in [1.82, 2.24) is 0 Å². The van der Waals surface area contributed by atoms with Crippen LogP contribution in [0.2, 0.25) is 0 Å². The zero-order valence-electron chi connectivity index (χ0n) is 9.56. The third kappa shape index (κ3) is 2.16. The standard InChI is InChI=1S/C14H12BrNO2/c15-9-1-3-10(4-2-9)16-13-8-18-14-7-11(17)5-6-12(13)14/h1-7,13,16-17H,8H2. The molecule has 0 radical (unpaired) electrons. The van der Waals surface area contributed by atoms with Gasteiger partial charge in [0.2, 0.25) is 0 Å². The van der Waals surface area contributed by atoms with Crippen LogP contribution in [0.3, 0.4) is 0 Å². The second-order valence-electron chi connectivity index (χ2n) is 4.24. The lowest BCUT2D eigenvalue weighted by Crippen LogP contribution is -2.11. The average molecular weight is 306 g/mol. The predicted molar refractivity (Wildman–Crippen MR) is 74.1 cm³/mol.